The predicted octanol–water partition coefficient (Wildman–Crippen LogP) is 3.78. The number of nitrogens with one attached hydrogen (secondary N) is 2. The van der Waals surface area contributed by atoms with Crippen LogP contribution in [0.3, 0.4) is 0 Å². The number of halogens is 1. The number of benzene rings is 1. The zero-order valence-electron chi connectivity index (χ0n) is 16.1. The molecule has 0 bridgehead atoms. The molecule has 0 saturated heterocycles. The molecule has 0 radical (unpaired) electrons. The van der Waals surface area contributed by atoms with Gasteiger partial charge in [0.05, 0.1) is 6.10 Å². The van der Waals surface area contributed by atoms with Gasteiger partial charge in [0.1, 0.15) is 6.10 Å². The summed E-state index contributed by atoms with van der Waals surface area (Å²) < 4.78 is 6.73. The molecule has 26 heavy (non-hydrogen) atoms. The van der Waals surface area contributed by atoms with Gasteiger partial charge < -0.3 is 20.5 Å². The van der Waals surface area contributed by atoms with Gasteiger partial charge in [-0.2, -0.15) is 0 Å². The first kappa shape index (κ1) is 23.1. The molecule has 2 rings (SSSR count). The zero-order valence-corrected chi connectivity index (χ0v) is 19.2. The molecule has 146 valence electrons. The Hall–Kier alpha value is -0.900. The number of methoxy groups -OCH3 is 1. The van der Waals surface area contributed by atoms with Crippen molar-refractivity contribution in [2.45, 2.75) is 33.0 Å². The van der Waals surface area contributed by atoms with Crippen molar-refractivity contribution < 1.29 is 9.84 Å². The van der Waals surface area contributed by atoms with Gasteiger partial charge in [-0.05, 0) is 22.9 Å². The number of hydrogen-bond donors (Lipinski definition) is 3. The maximum Gasteiger partial charge on any atom is 0.191 e. The minimum atomic E-state index is -0.572. The maximum absolute atomic E-state index is 10.5. The number of thiophene rings is 1. The second-order valence-electron chi connectivity index (χ2n) is 7.13. The Labute approximate surface area is 177 Å². The minimum absolute atomic E-state index is 0. The molecule has 0 aliphatic rings. The minimum Gasteiger partial charge on any atom is -0.386 e. The molecule has 1 aromatic heterocycles. The summed E-state index contributed by atoms with van der Waals surface area (Å²) in [6.07, 6.45) is -0.504. The highest BCUT2D eigenvalue weighted by Crippen LogP contribution is 2.29. The molecule has 0 saturated carbocycles. The molecule has 7 heteroatoms. The predicted molar refractivity (Wildman–Crippen MR) is 122 cm³/mol. The SMILES string of the molecule is CN=C(NCC(O)c1cc2ccccc2s1)NCC(OC)C(C)(C)C.I. The van der Waals surface area contributed by atoms with E-state index >= 15 is 0 Å². The molecule has 2 unspecified atom stereocenters. The summed E-state index contributed by atoms with van der Waals surface area (Å²) in [6.45, 7) is 7.48. The third kappa shape index (κ3) is 6.37. The molecule has 0 spiro atoms. The number of nitrogens with zero attached hydrogens (tertiary/aromatic N) is 1. The highest BCUT2D eigenvalue weighted by molar-refractivity contribution is 14.0. The Bertz CT molecular complexity index is 679. The van der Waals surface area contributed by atoms with E-state index in [2.05, 4.69) is 48.5 Å². The first-order chi connectivity index (χ1) is 11.8. The van der Waals surface area contributed by atoms with Gasteiger partial charge in [0.2, 0.25) is 0 Å². The summed E-state index contributed by atoms with van der Waals surface area (Å²) in [5.41, 5.74) is 0.0389. The van der Waals surface area contributed by atoms with Crippen LogP contribution in [0, 0.1) is 5.41 Å². The molecule has 0 aliphatic heterocycles. The molecule has 1 heterocycles. The lowest BCUT2D eigenvalue weighted by atomic mass is 9.89. The first-order valence-corrected chi connectivity index (χ1v) is 9.30. The second-order valence-corrected chi connectivity index (χ2v) is 8.24. The Morgan fingerprint density at radius 2 is 1.88 bits per heavy atom. The van der Waals surface area contributed by atoms with Crippen LogP contribution in [0.4, 0.5) is 0 Å². The Kier molecular flexibility index (Phi) is 9.29. The highest BCUT2D eigenvalue weighted by Gasteiger charge is 2.24. The van der Waals surface area contributed by atoms with Crippen LogP contribution in [0.25, 0.3) is 10.1 Å². The first-order valence-electron chi connectivity index (χ1n) is 8.49. The Morgan fingerprint density at radius 1 is 1.23 bits per heavy atom. The van der Waals surface area contributed by atoms with Crippen molar-refractivity contribution in [3.05, 3.63) is 35.2 Å². The van der Waals surface area contributed by atoms with Crippen molar-refractivity contribution in [3.8, 4) is 0 Å². The summed E-state index contributed by atoms with van der Waals surface area (Å²) in [5, 5.41) is 18.1. The molecule has 5 nitrogen and oxygen atoms in total. The summed E-state index contributed by atoms with van der Waals surface area (Å²) in [7, 11) is 3.44. The van der Waals surface area contributed by atoms with Gasteiger partial charge in [-0.15, -0.1) is 35.3 Å². The van der Waals surface area contributed by atoms with Gasteiger partial charge in [0.25, 0.3) is 0 Å². The fraction of sp³-hybridized carbons (Fsp3) is 0.526. The van der Waals surface area contributed by atoms with Crippen molar-refractivity contribution in [1.29, 1.82) is 0 Å². The van der Waals surface area contributed by atoms with Crippen LogP contribution in [0.15, 0.2) is 35.3 Å². The van der Waals surface area contributed by atoms with Crippen molar-refractivity contribution in [2.24, 2.45) is 10.4 Å². The van der Waals surface area contributed by atoms with Gasteiger partial charge in [-0.1, -0.05) is 39.0 Å². The zero-order chi connectivity index (χ0) is 18.4. The fourth-order valence-electron chi connectivity index (χ4n) is 2.61. The molecule has 0 fully saturated rings. The van der Waals surface area contributed by atoms with E-state index in [1.807, 2.05) is 18.2 Å². The lowest BCUT2D eigenvalue weighted by Crippen LogP contribution is -2.46. The van der Waals surface area contributed by atoms with Crippen LogP contribution in [-0.4, -0.2) is 44.4 Å². The lowest BCUT2D eigenvalue weighted by Gasteiger charge is -2.30. The van der Waals surface area contributed by atoms with E-state index < -0.39 is 6.10 Å². The van der Waals surface area contributed by atoms with Gasteiger partial charge in [0, 0.05) is 36.8 Å². The number of hydrogen-bond acceptors (Lipinski definition) is 4. The molecule has 0 amide bonds. The molecule has 3 N–H and O–H groups in total. The molecule has 0 aliphatic carbocycles. The monoisotopic (exact) mass is 491 g/mol. The second kappa shape index (κ2) is 10.4. The van der Waals surface area contributed by atoms with Crippen LogP contribution in [0.2, 0.25) is 0 Å². The van der Waals surface area contributed by atoms with Crippen LogP contribution < -0.4 is 10.6 Å². The molecule has 2 atom stereocenters. The number of aliphatic imine (C=N–C) groups is 1. The lowest BCUT2D eigenvalue weighted by molar-refractivity contribution is 0.0205. The number of aliphatic hydroxyl groups excluding tert-OH is 1. The standard InChI is InChI=1S/C19H29N3O2S.HI/c1-19(2,3)17(24-5)12-22-18(20-4)21-11-14(23)16-10-13-8-6-7-9-15(13)25-16;/h6-10,14,17,23H,11-12H2,1-5H3,(H2,20,21,22);1H. The number of rotatable bonds is 6. The van der Waals surface area contributed by atoms with E-state index in [0.29, 0.717) is 19.0 Å². The number of fused-ring (bicyclic) bond motifs is 1. The number of aliphatic hydroxyl groups is 1. The van der Waals surface area contributed by atoms with Crippen LogP contribution >= 0.6 is 35.3 Å². The van der Waals surface area contributed by atoms with Crippen molar-refractivity contribution in [3.63, 3.8) is 0 Å². The number of ether oxygens (including phenoxy) is 1. The third-order valence-corrected chi connectivity index (χ3v) is 5.38. The van der Waals surface area contributed by atoms with Crippen LogP contribution in [-0.2, 0) is 4.74 Å². The Morgan fingerprint density at radius 3 is 2.46 bits per heavy atom. The van der Waals surface area contributed by atoms with Gasteiger partial charge in [0.15, 0.2) is 5.96 Å². The summed E-state index contributed by atoms with van der Waals surface area (Å²) in [4.78, 5) is 5.17. The molecule has 1 aromatic carbocycles. The third-order valence-electron chi connectivity index (χ3n) is 4.16. The molecular weight excluding hydrogens is 461 g/mol. The largest absolute Gasteiger partial charge is 0.386 e. The van der Waals surface area contributed by atoms with Crippen LogP contribution in [0.5, 0.6) is 0 Å². The van der Waals surface area contributed by atoms with Gasteiger partial charge in [-0.25, -0.2) is 0 Å². The smallest absolute Gasteiger partial charge is 0.191 e. The summed E-state index contributed by atoms with van der Waals surface area (Å²) in [5.74, 6) is 0.659. The van der Waals surface area contributed by atoms with E-state index in [1.165, 1.54) is 4.70 Å². The summed E-state index contributed by atoms with van der Waals surface area (Å²) in [6, 6.07) is 10.2. The maximum atomic E-state index is 10.5. The van der Waals surface area contributed by atoms with Crippen molar-refractivity contribution >= 4 is 51.4 Å². The van der Waals surface area contributed by atoms with E-state index in [4.69, 9.17) is 4.74 Å². The Balaban J connectivity index is 0.00000338. The van der Waals surface area contributed by atoms with Gasteiger partial charge >= 0.3 is 0 Å². The highest BCUT2D eigenvalue weighted by atomic mass is 127. The van der Waals surface area contributed by atoms with E-state index in [9.17, 15) is 5.11 Å². The normalized spacial score (nSPS) is 14.6. The van der Waals surface area contributed by atoms with E-state index in [-0.39, 0.29) is 35.5 Å². The van der Waals surface area contributed by atoms with Crippen molar-refractivity contribution in [2.75, 3.05) is 27.2 Å². The van der Waals surface area contributed by atoms with Crippen LogP contribution in [0.1, 0.15) is 31.8 Å². The molecule has 2 aromatic rings. The summed E-state index contributed by atoms with van der Waals surface area (Å²) >= 11 is 1.62. The van der Waals surface area contributed by atoms with Gasteiger partial charge in [-0.3, -0.25) is 4.99 Å². The average Bonchev–Trinajstić information content (AvgIpc) is 3.00. The van der Waals surface area contributed by atoms with Crippen molar-refractivity contribution in [1.82, 2.24) is 10.6 Å². The quantitative estimate of drug-likeness (QED) is 0.327. The average molecular weight is 491 g/mol. The topological polar surface area (TPSA) is 65.9 Å². The fourth-order valence-corrected chi connectivity index (χ4v) is 3.66. The number of guanidine groups is 1. The van der Waals surface area contributed by atoms with E-state index in [1.54, 1.807) is 25.5 Å². The van der Waals surface area contributed by atoms with E-state index in [0.717, 1.165) is 10.3 Å². The molecular formula is C19H30IN3O2S.